The molecule has 2 nitrogen and oxygen atoms in total. The quantitative estimate of drug-likeness (QED) is 0.847. The minimum Gasteiger partial charge on any atom is -0.305 e. The summed E-state index contributed by atoms with van der Waals surface area (Å²) in [4.78, 5) is 11.6. The van der Waals surface area contributed by atoms with E-state index in [4.69, 9.17) is 0 Å². The summed E-state index contributed by atoms with van der Waals surface area (Å²) in [5, 5.41) is 3.33. The Morgan fingerprint density at radius 1 is 1.24 bits per heavy atom. The van der Waals surface area contributed by atoms with Crippen molar-refractivity contribution in [3.63, 3.8) is 0 Å². The molecule has 94 valence electrons. The number of rotatable bonds is 5. The summed E-state index contributed by atoms with van der Waals surface area (Å²) in [6.45, 7) is 10.0. The first kappa shape index (κ1) is 13.9. The summed E-state index contributed by atoms with van der Waals surface area (Å²) in [7, 11) is 0. The summed E-state index contributed by atoms with van der Waals surface area (Å²) < 4.78 is 0. The SMILES string of the molecule is CC(=O)C(Cc1c(C)cccc1C)NC(C)C. The molecule has 1 aromatic carbocycles. The average molecular weight is 233 g/mol. The molecule has 1 unspecified atom stereocenters. The molecular weight excluding hydrogens is 210 g/mol. The number of aryl methyl sites for hydroxylation is 2. The zero-order valence-corrected chi connectivity index (χ0v) is 11.5. The topological polar surface area (TPSA) is 29.1 Å². The lowest BCUT2D eigenvalue weighted by Crippen LogP contribution is -2.41. The maximum atomic E-state index is 11.6. The van der Waals surface area contributed by atoms with E-state index >= 15 is 0 Å². The fourth-order valence-corrected chi connectivity index (χ4v) is 2.10. The van der Waals surface area contributed by atoms with E-state index in [1.54, 1.807) is 6.92 Å². The van der Waals surface area contributed by atoms with Crippen LogP contribution in [-0.4, -0.2) is 17.9 Å². The van der Waals surface area contributed by atoms with Crippen molar-refractivity contribution in [2.45, 2.75) is 53.1 Å². The van der Waals surface area contributed by atoms with E-state index in [1.807, 2.05) is 0 Å². The van der Waals surface area contributed by atoms with E-state index < -0.39 is 0 Å². The van der Waals surface area contributed by atoms with Gasteiger partial charge < -0.3 is 5.32 Å². The van der Waals surface area contributed by atoms with Gasteiger partial charge in [0, 0.05) is 6.04 Å². The lowest BCUT2D eigenvalue weighted by Gasteiger charge is -2.20. The zero-order valence-electron chi connectivity index (χ0n) is 11.5. The highest BCUT2D eigenvalue weighted by Crippen LogP contribution is 2.16. The number of Topliss-reactive ketones (excluding diaryl/α,β-unsaturated/α-hetero) is 1. The molecule has 0 aliphatic heterocycles. The van der Waals surface area contributed by atoms with Gasteiger partial charge in [-0.2, -0.15) is 0 Å². The molecule has 0 aromatic heterocycles. The van der Waals surface area contributed by atoms with Gasteiger partial charge in [-0.1, -0.05) is 32.0 Å². The van der Waals surface area contributed by atoms with Crippen LogP contribution in [0.3, 0.4) is 0 Å². The van der Waals surface area contributed by atoms with Gasteiger partial charge in [-0.05, 0) is 43.9 Å². The van der Waals surface area contributed by atoms with E-state index in [-0.39, 0.29) is 11.8 Å². The number of hydrogen-bond donors (Lipinski definition) is 1. The first-order chi connectivity index (χ1) is 7.91. The highest BCUT2D eigenvalue weighted by Gasteiger charge is 2.17. The van der Waals surface area contributed by atoms with Gasteiger partial charge in [-0.3, -0.25) is 4.79 Å². The van der Waals surface area contributed by atoms with Gasteiger partial charge in [0.1, 0.15) is 5.78 Å². The number of ketones is 1. The van der Waals surface area contributed by atoms with Crippen molar-refractivity contribution in [1.29, 1.82) is 0 Å². The fraction of sp³-hybridized carbons (Fsp3) is 0.533. The second-order valence-corrected chi connectivity index (χ2v) is 5.06. The van der Waals surface area contributed by atoms with Crippen LogP contribution in [0, 0.1) is 13.8 Å². The number of nitrogens with one attached hydrogen (secondary N) is 1. The minimum absolute atomic E-state index is 0.0743. The fourth-order valence-electron chi connectivity index (χ4n) is 2.10. The average Bonchev–Trinajstić information content (AvgIpc) is 2.21. The molecule has 1 N–H and O–H groups in total. The van der Waals surface area contributed by atoms with E-state index in [1.165, 1.54) is 16.7 Å². The molecule has 2 heteroatoms. The Kier molecular flexibility index (Phi) is 4.88. The van der Waals surface area contributed by atoms with Crippen molar-refractivity contribution >= 4 is 5.78 Å². The minimum atomic E-state index is -0.0743. The largest absolute Gasteiger partial charge is 0.305 e. The van der Waals surface area contributed by atoms with Crippen molar-refractivity contribution in [2.24, 2.45) is 0 Å². The molecule has 0 bridgehead atoms. The normalized spacial score (nSPS) is 12.8. The predicted molar refractivity (Wildman–Crippen MR) is 72.4 cm³/mol. The molecule has 17 heavy (non-hydrogen) atoms. The van der Waals surface area contributed by atoms with Crippen LogP contribution in [0.15, 0.2) is 18.2 Å². The molecule has 0 heterocycles. The Hall–Kier alpha value is -1.15. The first-order valence-corrected chi connectivity index (χ1v) is 6.23. The van der Waals surface area contributed by atoms with Gasteiger partial charge in [-0.25, -0.2) is 0 Å². The second-order valence-electron chi connectivity index (χ2n) is 5.06. The van der Waals surface area contributed by atoms with Gasteiger partial charge in [0.25, 0.3) is 0 Å². The van der Waals surface area contributed by atoms with Crippen molar-refractivity contribution in [3.05, 3.63) is 34.9 Å². The summed E-state index contributed by atoms with van der Waals surface area (Å²) in [6, 6.07) is 6.53. The Bertz CT molecular complexity index is 376. The number of carbonyl (C=O) groups is 1. The van der Waals surface area contributed by atoms with Gasteiger partial charge in [0.15, 0.2) is 0 Å². The zero-order chi connectivity index (χ0) is 13.0. The predicted octanol–water partition coefficient (Wildman–Crippen LogP) is 2.80. The lowest BCUT2D eigenvalue weighted by atomic mass is 9.94. The highest BCUT2D eigenvalue weighted by atomic mass is 16.1. The first-order valence-electron chi connectivity index (χ1n) is 6.23. The van der Waals surface area contributed by atoms with Gasteiger partial charge >= 0.3 is 0 Å². The lowest BCUT2D eigenvalue weighted by molar-refractivity contribution is -0.119. The standard InChI is InChI=1S/C15H23NO/c1-10(2)16-15(13(5)17)9-14-11(3)7-6-8-12(14)4/h6-8,10,15-16H,9H2,1-5H3. The van der Waals surface area contributed by atoms with Crippen LogP contribution in [0.2, 0.25) is 0 Å². The van der Waals surface area contributed by atoms with E-state index in [0.29, 0.717) is 6.04 Å². The summed E-state index contributed by atoms with van der Waals surface area (Å²) in [6.07, 6.45) is 0.784. The molecule has 0 fully saturated rings. The number of benzene rings is 1. The molecule has 0 saturated carbocycles. The van der Waals surface area contributed by atoms with Crippen molar-refractivity contribution in [1.82, 2.24) is 5.32 Å². The van der Waals surface area contributed by atoms with Crippen LogP contribution < -0.4 is 5.32 Å². The Balaban J connectivity index is 2.90. The Morgan fingerprint density at radius 3 is 2.18 bits per heavy atom. The van der Waals surface area contributed by atoms with Gasteiger partial charge in [0.05, 0.1) is 6.04 Å². The van der Waals surface area contributed by atoms with E-state index in [0.717, 1.165) is 6.42 Å². The third-order valence-electron chi connectivity index (χ3n) is 3.08. The highest BCUT2D eigenvalue weighted by molar-refractivity contribution is 5.81. The van der Waals surface area contributed by atoms with Gasteiger partial charge in [-0.15, -0.1) is 0 Å². The van der Waals surface area contributed by atoms with Crippen molar-refractivity contribution in [2.75, 3.05) is 0 Å². The maximum Gasteiger partial charge on any atom is 0.147 e. The molecular formula is C15H23NO. The molecule has 1 rings (SSSR count). The smallest absolute Gasteiger partial charge is 0.147 e. The summed E-state index contributed by atoms with van der Waals surface area (Å²) in [5.41, 5.74) is 3.82. The van der Waals surface area contributed by atoms with E-state index in [9.17, 15) is 4.79 Å². The van der Waals surface area contributed by atoms with Crippen LogP contribution in [0.1, 0.15) is 37.5 Å². The summed E-state index contributed by atoms with van der Waals surface area (Å²) in [5.74, 6) is 0.210. The van der Waals surface area contributed by atoms with Crippen LogP contribution in [0.4, 0.5) is 0 Å². The van der Waals surface area contributed by atoms with Gasteiger partial charge in [0.2, 0.25) is 0 Å². The Labute approximate surface area is 104 Å². The van der Waals surface area contributed by atoms with Crippen LogP contribution in [0.5, 0.6) is 0 Å². The maximum absolute atomic E-state index is 11.6. The molecule has 0 aliphatic carbocycles. The number of hydrogen-bond acceptors (Lipinski definition) is 2. The molecule has 1 aromatic rings. The summed E-state index contributed by atoms with van der Waals surface area (Å²) >= 11 is 0. The van der Waals surface area contributed by atoms with Crippen LogP contribution in [-0.2, 0) is 11.2 Å². The molecule has 0 saturated heterocycles. The molecule has 1 atom stereocenters. The third kappa shape index (κ3) is 3.97. The second kappa shape index (κ2) is 5.97. The van der Waals surface area contributed by atoms with Crippen molar-refractivity contribution in [3.8, 4) is 0 Å². The number of carbonyl (C=O) groups excluding carboxylic acids is 1. The van der Waals surface area contributed by atoms with Crippen molar-refractivity contribution < 1.29 is 4.79 Å². The molecule has 0 spiro atoms. The molecule has 0 amide bonds. The molecule has 0 aliphatic rings. The van der Waals surface area contributed by atoms with Crippen LogP contribution in [0.25, 0.3) is 0 Å². The monoisotopic (exact) mass is 233 g/mol. The third-order valence-corrected chi connectivity index (χ3v) is 3.08. The van der Waals surface area contributed by atoms with Crippen LogP contribution >= 0.6 is 0 Å². The Morgan fingerprint density at radius 2 is 1.76 bits per heavy atom. The van der Waals surface area contributed by atoms with E-state index in [2.05, 4.69) is 51.2 Å². The molecule has 0 radical (unpaired) electrons.